The van der Waals surface area contributed by atoms with Gasteiger partial charge in [0.05, 0.1) is 28.8 Å². The summed E-state index contributed by atoms with van der Waals surface area (Å²) >= 11 is 3.08. The van der Waals surface area contributed by atoms with Crippen molar-refractivity contribution >= 4 is 44.4 Å². The average Bonchev–Trinajstić information content (AvgIpc) is 3.39. The highest BCUT2D eigenvalue weighted by atomic mass is 32.2. The number of nitrogens with zero attached hydrogens (tertiary/aromatic N) is 2. The van der Waals surface area contributed by atoms with Crippen molar-refractivity contribution in [2.75, 3.05) is 10.7 Å². The van der Waals surface area contributed by atoms with E-state index in [0.29, 0.717) is 17.4 Å². The molecule has 0 saturated heterocycles. The monoisotopic (exact) mass is 408 g/mol. The predicted molar refractivity (Wildman–Crippen MR) is 116 cm³/mol. The van der Waals surface area contributed by atoms with Gasteiger partial charge in [-0.2, -0.15) is 0 Å². The molecule has 0 aliphatic carbocycles. The number of aryl methyl sites for hydroxylation is 1. The molecule has 0 unspecified atom stereocenters. The maximum absolute atomic E-state index is 13.1. The van der Waals surface area contributed by atoms with Crippen molar-refractivity contribution in [1.29, 1.82) is 0 Å². The van der Waals surface area contributed by atoms with Crippen molar-refractivity contribution in [2.45, 2.75) is 24.8 Å². The van der Waals surface area contributed by atoms with Gasteiger partial charge in [0, 0.05) is 4.90 Å². The zero-order valence-electron chi connectivity index (χ0n) is 15.5. The number of anilines is 1. The van der Waals surface area contributed by atoms with E-state index >= 15 is 0 Å². The highest BCUT2D eigenvalue weighted by Gasteiger charge is 2.21. The Labute approximate surface area is 172 Å². The van der Waals surface area contributed by atoms with Gasteiger partial charge < -0.3 is 4.42 Å². The molecule has 28 heavy (non-hydrogen) atoms. The van der Waals surface area contributed by atoms with Crippen LogP contribution in [-0.2, 0) is 17.8 Å². The summed E-state index contributed by atoms with van der Waals surface area (Å²) in [7, 11) is 0. The van der Waals surface area contributed by atoms with Gasteiger partial charge in [-0.15, -0.1) is 11.8 Å². The Morgan fingerprint density at radius 1 is 1.14 bits per heavy atom. The molecule has 2 heterocycles. The Bertz CT molecular complexity index is 1060. The van der Waals surface area contributed by atoms with Gasteiger partial charge >= 0.3 is 0 Å². The smallest absolute Gasteiger partial charge is 0.239 e. The molecule has 1 amide bonds. The van der Waals surface area contributed by atoms with Crippen LogP contribution in [0.15, 0.2) is 76.2 Å². The molecule has 0 radical (unpaired) electrons. The number of hydrogen-bond donors (Lipinski definition) is 0. The standard InChI is InChI=1S/C22H20N2O2S2/c1-2-16-10-11-19-20(13-16)28-22(23-19)24(14-17-7-6-12-26-17)21(25)15-27-18-8-4-3-5-9-18/h3-13H,2,14-15H2,1H3. The second-order valence-electron chi connectivity index (χ2n) is 6.31. The maximum Gasteiger partial charge on any atom is 0.239 e. The quantitative estimate of drug-likeness (QED) is 0.364. The van der Waals surface area contributed by atoms with E-state index in [9.17, 15) is 4.79 Å². The summed E-state index contributed by atoms with van der Waals surface area (Å²) in [6, 6.07) is 20.0. The third-order valence-electron chi connectivity index (χ3n) is 4.38. The fraction of sp³-hybridized carbons (Fsp3) is 0.182. The minimum Gasteiger partial charge on any atom is -0.467 e. The van der Waals surface area contributed by atoms with Crippen LogP contribution in [0.1, 0.15) is 18.2 Å². The minimum atomic E-state index is 0.0139. The molecular weight excluding hydrogens is 388 g/mol. The SMILES string of the molecule is CCc1ccc2nc(N(Cc3ccco3)C(=O)CSc3ccccc3)sc2c1. The zero-order valence-corrected chi connectivity index (χ0v) is 17.1. The van der Waals surface area contributed by atoms with Crippen molar-refractivity contribution in [1.82, 2.24) is 4.98 Å². The molecule has 4 aromatic rings. The molecule has 2 aromatic heterocycles. The molecule has 2 aromatic carbocycles. The molecule has 0 saturated carbocycles. The summed E-state index contributed by atoms with van der Waals surface area (Å²) in [5.74, 6) is 1.10. The van der Waals surface area contributed by atoms with Crippen LogP contribution in [0.2, 0.25) is 0 Å². The number of rotatable bonds is 7. The lowest BCUT2D eigenvalue weighted by Gasteiger charge is -2.18. The fourth-order valence-corrected chi connectivity index (χ4v) is 4.69. The van der Waals surface area contributed by atoms with E-state index in [1.807, 2.05) is 48.5 Å². The molecule has 4 rings (SSSR count). The van der Waals surface area contributed by atoms with Gasteiger partial charge in [-0.3, -0.25) is 9.69 Å². The number of carbonyl (C=O) groups is 1. The first-order chi connectivity index (χ1) is 13.7. The van der Waals surface area contributed by atoms with Crippen LogP contribution >= 0.6 is 23.1 Å². The minimum absolute atomic E-state index is 0.0139. The second kappa shape index (κ2) is 8.63. The van der Waals surface area contributed by atoms with E-state index in [1.54, 1.807) is 22.5 Å². The summed E-state index contributed by atoms with van der Waals surface area (Å²) in [5.41, 5.74) is 2.19. The van der Waals surface area contributed by atoms with Crippen LogP contribution in [0.3, 0.4) is 0 Å². The molecule has 4 nitrogen and oxygen atoms in total. The van der Waals surface area contributed by atoms with Gasteiger partial charge in [0.15, 0.2) is 5.13 Å². The van der Waals surface area contributed by atoms with Crippen LogP contribution in [0.25, 0.3) is 10.2 Å². The number of thioether (sulfide) groups is 1. The molecule has 0 atom stereocenters. The molecule has 0 spiro atoms. The Morgan fingerprint density at radius 3 is 2.75 bits per heavy atom. The van der Waals surface area contributed by atoms with Crippen molar-refractivity contribution in [2.24, 2.45) is 0 Å². The Hall–Kier alpha value is -2.57. The Balaban J connectivity index is 1.60. The van der Waals surface area contributed by atoms with Gasteiger partial charge in [0.1, 0.15) is 5.76 Å². The van der Waals surface area contributed by atoms with Crippen LogP contribution in [0, 0.1) is 0 Å². The number of fused-ring (bicyclic) bond motifs is 1. The number of benzene rings is 2. The molecule has 0 aliphatic heterocycles. The number of aromatic nitrogens is 1. The number of thiazole rings is 1. The highest BCUT2D eigenvalue weighted by molar-refractivity contribution is 8.00. The Kier molecular flexibility index (Phi) is 5.78. The van der Waals surface area contributed by atoms with Gasteiger partial charge in [-0.25, -0.2) is 4.98 Å². The number of hydrogen-bond acceptors (Lipinski definition) is 5. The zero-order chi connectivity index (χ0) is 19.3. The first-order valence-electron chi connectivity index (χ1n) is 9.13. The molecule has 142 valence electrons. The van der Waals surface area contributed by atoms with E-state index in [4.69, 9.17) is 9.40 Å². The fourth-order valence-electron chi connectivity index (χ4n) is 2.85. The first kappa shape index (κ1) is 18.8. The predicted octanol–water partition coefficient (Wildman–Crippen LogP) is 5.78. The van der Waals surface area contributed by atoms with E-state index < -0.39 is 0 Å². The summed E-state index contributed by atoms with van der Waals surface area (Å²) in [4.78, 5) is 20.6. The number of furan rings is 1. The molecule has 0 bridgehead atoms. The van der Waals surface area contributed by atoms with Crippen LogP contribution in [0.5, 0.6) is 0 Å². The van der Waals surface area contributed by atoms with Crippen LogP contribution < -0.4 is 4.90 Å². The molecule has 0 fully saturated rings. The van der Waals surface area contributed by atoms with Gasteiger partial charge in [0.2, 0.25) is 5.91 Å². The van der Waals surface area contributed by atoms with E-state index in [2.05, 4.69) is 19.1 Å². The van der Waals surface area contributed by atoms with Crippen LogP contribution in [0.4, 0.5) is 5.13 Å². The lowest BCUT2D eigenvalue weighted by Crippen LogP contribution is -2.31. The highest BCUT2D eigenvalue weighted by Crippen LogP contribution is 2.31. The van der Waals surface area contributed by atoms with Gasteiger partial charge in [-0.1, -0.05) is 42.5 Å². The van der Waals surface area contributed by atoms with Crippen molar-refractivity contribution in [3.8, 4) is 0 Å². The lowest BCUT2D eigenvalue weighted by atomic mass is 10.2. The lowest BCUT2D eigenvalue weighted by molar-refractivity contribution is -0.116. The van der Waals surface area contributed by atoms with Crippen molar-refractivity contribution < 1.29 is 9.21 Å². The third kappa shape index (κ3) is 4.29. The molecular formula is C22H20N2O2S2. The first-order valence-corrected chi connectivity index (χ1v) is 10.9. The Morgan fingerprint density at radius 2 is 2.00 bits per heavy atom. The molecule has 6 heteroatoms. The number of amides is 1. The van der Waals surface area contributed by atoms with E-state index in [0.717, 1.165) is 27.3 Å². The van der Waals surface area contributed by atoms with Gasteiger partial charge in [0.25, 0.3) is 0 Å². The number of carbonyl (C=O) groups excluding carboxylic acids is 1. The van der Waals surface area contributed by atoms with E-state index in [1.165, 1.54) is 17.3 Å². The van der Waals surface area contributed by atoms with Crippen molar-refractivity contribution in [3.63, 3.8) is 0 Å². The second-order valence-corrected chi connectivity index (χ2v) is 8.37. The van der Waals surface area contributed by atoms with Gasteiger partial charge in [-0.05, 0) is 48.4 Å². The average molecular weight is 409 g/mol. The summed E-state index contributed by atoms with van der Waals surface area (Å²) < 4.78 is 6.58. The summed E-state index contributed by atoms with van der Waals surface area (Å²) in [6.07, 6.45) is 2.61. The summed E-state index contributed by atoms with van der Waals surface area (Å²) in [6.45, 7) is 2.51. The summed E-state index contributed by atoms with van der Waals surface area (Å²) in [5, 5.41) is 0.707. The maximum atomic E-state index is 13.1. The molecule has 0 N–H and O–H groups in total. The normalized spacial score (nSPS) is 11.0. The van der Waals surface area contributed by atoms with E-state index in [-0.39, 0.29) is 5.91 Å². The largest absolute Gasteiger partial charge is 0.467 e. The molecule has 0 aliphatic rings. The van der Waals surface area contributed by atoms with Crippen LogP contribution in [-0.4, -0.2) is 16.6 Å². The van der Waals surface area contributed by atoms with Crippen molar-refractivity contribution in [3.05, 3.63) is 78.3 Å². The third-order valence-corrected chi connectivity index (χ3v) is 6.42. The topological polar surface area (TPSA) is 46.3 Å².